The number of methoxy groups -OCH3 is 1. The van der Waals surface area contributed by atoms with Crippen molar-refractivity contribution in [2.45, 2.75) is 25.6 Å². The van der Waals surface area contributed by atoms with Gasteiger partial charge in [-0.1, -0.05) is 48.5 Å². The van der Waals surface area contributed by atoms with Crippen molar-refractivity contribution in [3.05, 3.63) is 102 Å². The van der Waals surface area contributed by atoms with Crippen LogP contribution in [0.25, 0.3) is 0 Å². The Morgan fingerprint density at radius 2 is 1.49 bits per heavy atom. The Balaban J connectivity index is 0.000000587. The van der Waals surface area contributed by atoms with Gasteiger partial charge in [0, 0.05) is 29.6 Å². The van der Waals surface area contributed by atoms with Crippen molar-refractivity contribution < 1.29 is 32.6 Å². The lowest BCUT2D eigenvalue weighted by Crippen LogP contribution is -2.37. The van der Waals surface area contributed by atoms with Crippen LogP contribution in [0.3, 0.4) is 0 Å². The first-order valence-corrected chi connectivity index (χ1v) is 12.3. The molecule has 0 fully saturated rings. The van der Waals surface area contributed by atoms with Crippen LogP contribution in [0.5, 0.6) is 5.75 Å². The van der Waals surface area contributed by atoms with E-state index in [0.717, 1.165) is 22.7 Å². The molecule has 41 heavy (non-hydrogen) atoms. The average Bonchev–Trinajstić information content (AvgIpc) is 2.94. The molecule has 0 aliphatic rings. The molecule has 1 heterocycles. The lowest BCUT2D eigenvalue weighted by molar-refractivity contribution is -0.192. The van der Waals surface area contributed by atoms with Gasteiger partial charge in [0.25, 0.3) is 0 Å². The number of nitrogens with one attached hydrogen (secondary N) is 3. The molecule has 9 nitrogen and oxygen atoms in total. The molecule has 214 valence electrons. The third-order valence-corrected chi connectivity index (χ3v) is 5.41. The summed E-state index contributed by atoms with van der Waals surface area (Å²) in [4.78, 5) is 31.2. The summed E-state index contributed by atoms with van der Waals surface area (Å²) in [5, 5.41) is 16.6. The maximum atomic E-state index is 13.3. The zero-order valence-corrected chi connectivity index (χ0v) is 22.1. The third-order valence-electron chi connectivity index (χ3n) is 5.41. The Kier molecular flexibility index (Phi) is 10.6. The molecule has 1 aromatic heterocycles. The van der Waals surface area contributed by atoms with E-state index in [-0.39, 0.29) is 5.91 Å². The summed E-state index contributed by atoms with van der Waals surface area (Å²) in [7, 11) is 1.61. The summed E-state index contributed by atoms with van der Waals surface area (Å²) in [5.41, 5.74) is 3.40. The Labute approximate surface area is 234 Å². The average molecular weight is 568 g/mol. The molecular weight excluding hydrogens is 539 g/mol. The van der Waals surface area contributed by atoms with Crippen LogP contribution in [0, 0.1) is 6.92 Å². The van der Waals surface area contributed by atoms with Gasteiger partial charge >= 0.3 is 12.1 Å². The van der Waals surface area contributed by atoms with Gasteiger partial charge in [-0.05, 0) is 48.9 Å². The molecule has 0 aliphatic heterocycles. The zero-order valence-electron chi connectivity index (χ0n) is 22.1. The fourth-order valence-electron chi connectivity index (χ4n) is 3.49. The van der Waals surface area contributed by atoms with E-state index in [4.69, 9.17) is 14.6 Å². The van der Waals surface area contributed by atoms with E-state index in [1.54, 1.807) is 7.11 Å². The van der Waals surface area contributed by atoms with Gasteiger partial charge in [-0.25, -0.2) is 9.78 Å². The van der Waals surface area contributed by atoms with Crippen molar-refractivity contribution in [1.29, 1.82) is 0 Å². The molecule has 0 saturated carbocycles. The number of aliphatic carboxylic acids is 1. The molecule has 0 saturated heterocycles. The highest BCUT2D eigenvalue weighted by atomic mass is 19.4. The number of halogens is 3. The molecule has 0 aliphatic carbocycles. The van der Waals surface area contributed by atoms with E-state index in [0.29, 0.717) is 23.9 Å². The van der Waals surface area contributed by atoms with E-state index in [1.165, 1.54) is 0 Å². The minimum Gasteiger partial charge on any atom is -0.497 e. The molecule has 0 spiro atoms. The summed E-state index contributed by atoms with van der Waals surface area (Å²) in [5.74, 6) is -1.17. The van der Waals surface area contributed by atoms with Crippen molar-refractivity contribution in [2.24, 2.45) is 0 Å². The van der Waals surface area contributed by atoms with E-state index >= 15 is 0 Å². The molecule has 0 bridgehead atoms. The van der Waals surface area contributed by atoms with Crippen molar-refractivity contribution in [3.8, 4) is 5.75 Å². The zero-order chi connectivity index (χ0) is 29.8. The number of aryl methyl sites for hydroxylation is 1. The lowest BCUT2D eigenvalue weighted by atomic mass is 10.0. The molecule has 1 amide bonds. The van der Waals surface area contributed by atoms with Crippen LogP contribution in [0.2, 0.25) is 0 Å². The number of carbonyl (C=O) groups is 2. The van der Waals surface area contributed by atoms with Gasteiger partial charge in [-0.3, -0.25) is 4.79 Å². The highest BCUT2D eigenvalue weighted by Gasteiger charge is 2.38. The third kappa shape index (κ3) is 10.2. The Bertz CT molecular complexity index is 1420. The van der Waals surface area contributed by atoms with Gasteiger partial charge in [-0.15, -0.1) is 0 Å². The van der Waals surface area contributed by atoms with Gasteiger partial charge in [0.05, 0.1) is 7.11 Å². The summed E-state index contributed by atoms with van der Waals surface area (Å²) in [6.45, 7) is 1.90. The fourth-order valence-corrected chi connectivity index (χ4v) is 3.49. The van der Waals surface area contributed by atoms with Crippen molar-refractivity contribution in [1.82, 2.24) is 9.97 Å². The lowest BCUT2D eigenvalue weighted by Gasteiger charge is -2.20. The molecular formula is C29H28F3N5O4. The maximum absolute atomic E-state index is 13.3. The number of ether oxygens (including phenoxy) is 1. The quantitative estimate of drug-likeness (QED) is 0.199. The molecule has 1 atom stereocenters. The van der Waals surface area contributed by atoms with E-state index in [1.807, 2.05) is 97.9 Å². The van der Waals surface area contributed by atoms with Gasteiger partial charge in [-0.2, -0.15) is 18.2 Å². The number of carboxylic acid groups (broad SMARTS) is 1. The van der Waals surface area contributed by atoms with Crippen molar-refractivity contribution >= 4 is 35.0 Å². The second kappa shape index (κ2) is 14.3. The number of hydrogen-bond donors (Lipinski definition) is 4. The van der Waals surface area contributed by atoms with Gasteiger partial charge < -0.3 is 25.8 Å². The Hall–Kier alpha value is -5.13. The van der Waals surface area contributed by atoms with Crippen LogP contribution in [0.15, 0.2) is 91.0 Å². The number of alkyl halides is 3. The highest BCUT2D eigenvalue weighted by molar-refractivity contribution is 5.96. The first-order valence-electron chi connectivity index (χ1n) is 12.3. The smallest absolute Gasteiger partial charge is 0.490 e. The second-order valence-electron chi connectivity index (χ2n) is 8.62. The maximum Gasteiger partial charge on any atom is 0.490 e. The molecule has 0 radical (unpaired) electrons. The van der Waals surface area contributed by atoms with E-state index in [2.05, 4.69) is 25.9 Å². The van der Waals surface area contributed by atoms with Crippen molar-refractivity contribution in [2.75, 3.05) is 23.1 Å². The standard InChI is InChI=1S/C27H27N5O2.C2HF3O2/c1-19-17-25(32-27(28-19)30-21-11-7-4-8-12-21)31-24(18-20-9-5-3-6-10-20)26(33)29-22-13-15-23(34-2)16-14-22;3-2(4,5)1(6)7/h3-17,24H,18H2,1-2H3,(H,29,33)(H2,28,30,31,32);(H,6,7)/t24-;/m0./s1. The van der Waals surface area contributed by atoms with E-state index < -0.39 is 18.2 Å². The number of amides is 1. The number of carboxylic acids is 1. The van der Waals surface area contributed by atoms with Crippen LogP contribution in [0.4, 0.5) is 36.3 Å². The minimum atomic E-state index is -5.08. The monoisotopic (exact) mass is 567 g/mol. The number of rotatable bonds is 9. The topological polar surface area (TPSA) is 125 Å². The predicted molar refractivity (Wildman–Crippen MR) is 149 cm³/mol. The van der Waals surface area contributed by atoms with Crippen LogP contribution < -0.4 is 20.7 Å². The van der Waals surface area contributed by atoms with Crippen LogP contribution in [-0.4, -0.2) is 46.3 Å². The summed E-state index contributed by atoms with van der Waals surface area (Å²) >= 11 is 0. The molecule has 12 heteroatoms. The fraction of sp³-hybridized carbons (Fsp3) is 0.172. The number of nitrogens with zero attached hydrogens (tertiary/aromatic N) is 2. The number of benzene rings is 3. The molecule has 4 N–H and O–H groups in total. The SMILES string of the molecule is COc1ccc(NC(=O)[C@H](Cc2ccccc2)Nc2cc(C)nc(Nc3ccccc3)n2)cc1.O=C(O)C(F)(F)F. The summed E-state index contributed by atoms with van der Waals surface area (Å²) in [6, 6.07) is 28.1. The summed E-state index contributed by atoms with van der Waals surface area (Å²) in [6.07, 6.45) is -4.59. The van der Waals surface area contributed by atoms with Gasteiger partial charge in [0.1, 0.15) is 17.6 Å². The van der Waals surface area contributed by atoms with Crippen molar-refractivity contribution in [3.63, 3.8) is 0 Å². The normalized spacial score (nSPS) is 11.3. The van der Waals surface area contributed by atoms with Crippen LogP contribution in [0.1, 0.15) is 11.3 Å². The largest absolute Gasteiger partial charge is 0.497 e. The van der Waals surface area contributed by atoms with E-state index in [9.17, 15) is 18.0 Å². The molecule has 3 aromatic carbocycles. The summed E-state index contributed by atoms with van der Waals surface area (Å²) < 4.78 is 36.9. The number of aromatic nitrogens is 2. The highest BCUT2D eigenvalue weighted by Crippen LogP contribution is 2.19. The first kappa shape index (κ1) is 30.4. The number of anilines is 4. The van der Waals surface area contributed by atoms with Crippen LogP contribution >= 0.6 is 0 Å². The number of para-hydroxylation sites is 1. The molecule has 0 unspecified atom stereocenters. The molecule has 4 aromatic rings. The number of carbonyl (C=O) groups excluding carboxylic acids is 1. The molecule has 4 rings (SSSR count). The van der Waals surface area contributed by atoms with Crippen LogP contribution in [-0.2, 0) is 16.0 Å². The van der Waals surface area contributed by atoms with Gasteiger partial charge in [0.15, 0.2) is 0 Å². The first-order chi connectivity index (χ1) is 19.5. The predicted octanol–water partition coefficient (Wildman–Crippen LogP) is 5.83. The Morgan fingerprint density at radius 3 is 2.05 bits per heavy atom. The number of hydrogen-bond acceptors (Lipinski definition) is 7. The second-order valence-corrected chi connectivity index (χ2v) is 8.62. The Morgan fingerprint density at radius 1 is 0.902 bits per heavy atom. The van der Waals surface area contributed by atoms with Gasteiger partial charge in [0.2, 0.25) is 11.9 Å². The minimum absolute atomic E-state index is 0.164.